The fourth-order valence-electron chi connectivity index (χ4n) is 3.14. The van der Waals surface area contributed by atoms with Gasteiger partial charge >= 0.3 is 0 Å². The molecule has 2 aromatic carbocycles. The first-order chi connectivity index (χ1) is 15.8. The second-order valence-electron chi connectivity index (χ2n) is 7.45. The Kier molecular flexibility index (Phi) is 9.74. The van der Waals surface area contributed by atoms with E-state index in [2.05, 4.69) is 10.4 Å². The van der Waals surface area contributed by atoms with Crippen molar-refractivity contribution >= 4 is 41.5 Å². The second-order valence-corrected chi connectivity index (χ2v) is 8.49. The van der Waals surface area contributed by atoms with Crippen LogP contribution in [0.25, 0.3) is 0 Å². The van der Waals surface area contributed by atoms with Crippen molar-refractivity contribution in [1.29, 1.82) is 0 Å². The molecule has 0 saturated heterocycles. The third-order valence-electron chi connectivity index (χ3n) is 5.01. The Balaban J connectivity index is 1.88. The molecule has 9 nitrogen and oxygen atoms in total. The summed E-state index contributed by atoms with van der Waals surface area (Å²) in [5.74, 6) is 4.30. The van der Waals surface area contributed by atoms with Gasteiger partial charge in [-0.05, 0) is 43.7 Å². The Bertz CT molecular complexity index is 1010. The highest BCUT2D eigenvalue weighted by Gasteiger charge is 2.23. The number of hydrogen-bond donors (Lipinski definition) is 4. The van der Waals surface area contributed by atoms with Crippen LogP contribution in [-0.4, -0.2) is 52.1 Å². The van der Waals surface area contributed by atoms with E-state index in [1.807, 2.05) is 37.4 Å². The van der Waals surface area contributed by atoms with E-state index >= 15 is 0 Å². The summed E-state index contributed by atoms with van der Waals surface area (Å²) >= 11 is 1.39. The van der Waals surface area contributed by atoms with E-state index in [1.54, 1.807) is 6.07 Å². The van der Waals surface area contributed by atoms with Gasteiger partial charge in [0, 0.05) is 24.7 Å². The lowest BCUT2D eigenvalue weighted by molar-refractivity contribution is -0.138. The van der Waals surface area contributed by atoms with Crippen LogP contribution in [-0.2, 0) is 20.8 Å². The summed E-state index contributed by atoms with van der Waals surface area (Å²) in [6.45, 7) is 2.13. The molecule has 3 amide bonds. The van der Waals surface area contributed by atoms with E-state index in [1.165, 1.54) is 23.9 Å². The van der Waals surface area contributed by atoms with E-state index < -0.39 is 5.25 Å². The molecular formula is C23H29N5O4S. The molecule has 0 spiro atoms. The summed E-state index contributed by atoms with van der Waals surface area (Å²) < 4.78 is 0. The number of carbonyl (C=O) groups excluding carboxylic acids is 3. The van der Waals surface area contributed by atoms with E-state index in [0.29, 0.717) is 24.9 Å². The quantitative estimate of drug-likeness (QED) is 0.129. The average Bonchev–Trinajstić information content (AvgIpc) is 2.80. The molecular weight excluding hydrogens is 442 g/mol. The molecule has 2 rings (SSSR count). The van der Waals surface area contributed by atoms with Crippen molar-refractivity contribution in [3.05, 3.63) is 59.2 Å². The first-order valence-electron chi connectivity index (χ1n) is 10.3. The highest BCUT2D eigenvalue weighted by Crippen LogP contribution is 2.22. The van der Waals surface area contributed by atoms with Gasteiger partial charge in [0.1, 0.15) is 5.75 Å². The van der Waals surface area contributed by atoms with Crippen molar-refractivity contribution in [2.45, 2.75) is 31.4 Å². The van der Waals surface area contributed by atoms with E-state index in [4.69, 9.17) is 11.6 Å². The number of phenols is 1. The minimum absolute atomic E-state index is 0.0325. The smallest absolute Gasteiger partial charge is 0.242 e. The monoisotopic (exact) mass is 471 g/mol. The zero-order chi connectivity index (χ0) is 24.4. The molecule has 33 heavy (non-hydrogen) atoms. The molecule has 0 aromatic heterocycles. The molecule has 0 heterocycles. The summed E-state index contributed by atoms with van der Waals surface area (Å²) in [6.07, 6.45) is 3.26. The highest BCUT2D eigenvalue weighted by atomic mass is 32.2. The number of hydrogen-bond acceptors (Lipinski definition) is 7. The predicted molar refractivity (Wildman–Crippen MR) is 131 cm³/mol. The zero-order valence-corrected chi connectivity index (χ0v) is 19.5. The van der Waals surface area contributed by atoms with Crippen molar-refractivity contribution in [2.24, 2.45) is 16.7 Å². The van der Waals surface area contributed by atoms with Gasteiger partial charge < -0.3 is 22.0 Å². The summed E-state index contributed by atoms with van der Waals surface area (Å²) in [5, 5.41) is 15.6. The number of imide groups is 1. The van der Waals surface area contributed by atoms with Gasteiger partial charge in [0.25, 0.3) is 0 Å². The number of hydrazone groups is 1. The molecule has 0 radical (unpaired) electrons. The fraction of sp³-hybridized carbons (Fsp3) is 0.304. The molecule has 2 aromatic rings. The Hall–Kier alpha value is -3.53. The molecule has 0 aliphatic carbocycles. The number of rotatable bonds is 11. The molecule has 0 aliphatic rings. The third-order valence-corrected chi connectivity index (χ3v) is 5.95. The lowest BCUT2D eigenvalue weighted by atomic mass is 10.1. The largest absolute Gasteiger partial charge is 0.507 e. The molecule has 0 fully saturated rings. The van der Waals surface area contributed by atoms with Gasteiger partial charge in [0.15, 0.2) is 5.84 Å². The number of nitrogens with zero attached hydrogens (tertiary/aromatic N) is 2. The van der Waals surface area contributed by atoms with Crippen LogP contribution >= 0.6 is 11.8 Å². The van der Waals surface area contributed by atoms with Crippen LogP contribution in [0.5, 0.6) is 5.75 Å². The first-order valence-corrected chi connectivity index (χ1v) is 11.6. The molecule has 1 atom stereocenters. The average molecular weight is 472 g/mol. The summed E-state index contributed by atoms with van der Waals surface area (Å²) in [5.41, 5.74) is 8.36. The fourth-order valence-corrected chi connectivity index (χ4v) is 3.83. The van der Waals surface area contributed by atoms with E-state index in [9.17, 15) is 19.5 Å². The number of nitrogens with one attached hydrogen (secondary N) is 1. The standard InChI is InChI=1S/C23H29N5O4S/c1-15-5-7-16(8-6-15)12-20(33-2)23(32)28(14-29)11-3-4-21(31)26-17-9-10-18(19(30)13-17)22(24)27-25/h5-10,13-14,20,30H,3-4,11-12,25H2,1-2H3,(H2,24,27)(H,26,31). The molecule has 0 bridgehead atoms. The molecule has 1 unspecified atom stereocenters. The lowest BCUT2D eigenvalue weighted by Crippen LogP contribution is -2.38. The van der Waals surface area contributed by atoms with Gasteiger partial charge in [-0.3, -0.25) is 19.3 Å². The number of anilines is 1. The number of carbonyl (C=O) groups is 3. The maximum Gasteiger partial charge on any atom is 0.242 e. The van der Waals surface area contributed by atoms with Crippen LogP contribution in [0.15, 0.2) is 47.6 Å². The van der Waals surface area contributed by atoms with E-state index in [0.717, 1.165) is 16.0 Å². The SMILES string of the molecule is CSC(Cc1ccc(C)cc1)C(=O)N(C=O)CCCC(=O)Nc1ccc(/C(N)=N/N)c(O)c1. The van der Waals surface area contributed by atoms with Crippen LogP contribution < -0.4 is 16.9 Å². The van der Waals surface area contributed by atoms with Gasteiger partial charge in [0.05, 0.1) is 10.8 Å². The van der Waals surface area contributed by atoms with Gasteiger partial charge in [0.2, 0.25) is 18.2 Å². The Morgan fingerprint density at radius 1 is 1.24 bits per heavy atom. The van der Waals surface area contributed by atoms with Crippen molar-refractivity contribution < 1.29 is 19.5 Å². The minimum Gasteiger partial charge on any atom is -0.507 e. The highest BCUT2D eigenvalue weighted by molar-refractivity contribution is 7.99. The summed E-state index contributed by atoms with van der Waals surface area (Å²) in [6, 6.07) is 12.3. The molecule has 6 N–H and O–H groups in total. The lowest BCUT2D eigenvalue weighted by Gasteiger charge is -2.21. The topological polar surface area (TPSA) is 151 Å². The van der Waals surface area contributed by atoms with Crippen LogP contribution in [0.2, 0.25) is 0 Å². The number of phenolic OH excluding ortho intramolecular Hbond substituents is 1. The van der Waals surface area contributed by atoms with Crippen LogP contribution in [0.3, 0.4) is 0 Å². The number of amides is 3. The summed E-state index contributed by atoms with van der Waals surface area (Å²) in [4.78, 5) is 37.7. The zero-order valence-electron chi connectivity index (χ0n) is 18.7. The number of aromatic hydroxyl groups is 1. The first kappa shape index (κ1) is 25.7. The predicted octanol–water partition coefficient (Wildman–Crippen LogP) is 1.96. The number of nitrogens with two attached hydrogens (primary N) is 2. The van der Waals surface area contributed by atoms with Crippen molar-refractivity contribution in [2.75, 3.05) is 18.1 Å². The summed E-state index contributed by atoms with van der Waals surface area (Å²) in [7, 11) is 0. The van der Waals surface area contributed by atoms with Crippen LogP contribution in [0, 0.1) is 6.92 Å². The maximum atomic E-state index is 12.8. The minimum atomic E-state index is -0.391. The molecule has 176 valence electrons. The Morgan fingerprint density at radius 2 is 1.94 bits per heavy atom. The van der Waals surface area contributed by atoms with Crippen molar-refractivity contribution in [3.63, 3.8) is 0 Å². The van der Waals surface area contributed by atoms with Gasteiger partial charge in [-0.2, -0.15) is 16.9 Å². The molecule has 0 aliphatic heterocycles. The van der Waals surface area contributed by atoms with Crippen LogP contribution in [0.1, 0.15) is 29.5 Å². The Labute approximate surface area is 197 Å². The second kappa shape index (κ2) is 12.5. The number of benzene rings is 2. The van der Waals surface area contributed by atoms with Gasteiger partial charge in [-0.15, -0.1) is 0 Å². The number of aryl methyl sites for hydroxylation is 1. The maximum absolute atomic E-state index is 12.8. The molecule has 0 saturated carbocycles. The molecule has 10 heteroatoms. The van der Waals surface area contributed by atoms with Crippen molar-refractivity contribution in [3.8, 4) is 5.75 Å². The van der Waals surface area contributed by atoms with Gasteiger partial charge in [-0.25, -0.2) is 0 Å². The Morgan fingerprint density at radius 3 is 2.52 bits per heavy atom. The van der Waals surface area contributed by atoms with Crippen molar-refractivity contribution in [1.82, 2.24) is 4.90 Å². The number of amidine groups is 1. The normalized spacial score (nSPS) is 12.1. The number of thioether (sulfide) groups is 1. The van der Waals surface area contributed by atoms with E-state index in [-0.39, 0.29) is 41.9 Å². The third kappa shape index (κ3) is 7.53. The van der Waals surface area contributed by atoms with Crippen LogP contribution in [0.4, 0.5) is 5.69 Å². The van der Waals surface area contributed by atoms with Gasteiger partial charge in [-0.1, -0.05) is 29.8 Å².